The molecule has 1 aliphatic heterocycles. The molecular weight excluding hydrogens is 262 g/mol. The normalized spacial score (nSPS) is 22.1. The van der Waals surface area contributed by atoms with Crippen LogP contribution in [0.1, 0.15) is 18.5 Å². The molecule has 1 aliphatic rings. The number of oxime groups is 1. The fourth-order valence-corrected chi connectivity index (χ4v) is 3.32. The molecule has 0 radical (unpaired) electrons. The molecule has 3 N–H and O–H groups in total. The summed E-state index contributed by atoms with van der Waals surface area (Å²) in [4.78, 5) is 7.93. The van der Waals surface area contributed by atoms with Crippen LogP contribution in [0.4, 0.5) is 0 Å². The van der Waals surface area contributed by atoms with Crippen molar-refractivity contribution in [3.05, 3.63) is 23.5 Å². The fourth-order valence-electron chi connectivity index (χ4n) is 2.60. The molecule has 0 spiro atoms. The van der Waals surface area contributed by atoms with Crippen LogP contribution in [0.3, 0.4) is 0 Å². The number of aromatic nitrogens is 2. The summed E-state index contributed by atoms with van der Waals surface area (Å²) in [5.74, 6) is 0.498. The SMILES string of the molecule is N/C(=N/O)C1CCCN(Cc2cn3ccsc3n2)C1. The van der Waals surface area contributed by atoms with Crippen LogP contribution in [0, 0.1) is 5.92 Å². The average Bonchev–Trinajstić information content (AvgIpc) is 2.99. The summed E-state index contributed by atoms with van der Waals surface area (Å²) in [5.41, 5.74) is 6.78. The summed E-state index contributed by atoms with van der Waals surface area (Å²) in [6.07, 6.45) is 6.15. The van der Waals surface area contributed by atoms with Gasteiger partial charge in [0.1, 0.15) is 5.84 Å². The maximum Gasteiger partial charge on any atom is 0.193 e. The smallest absolute Gasteiger partial charge is 0.193 e. The van der Waals surface area contributed by atoms with Crippen molar-refractivity contribution in [1.82, 2.24) is 14.3 Å². The molecule has 1 fully saturated rings. The number of nitrogens with two attached hydrogens (primary N) is 1. The van der Waals surface area contributed by atoms with Crippen molar-refractivity contribution < 1.29 is 5.21 Å². The standard InChI is InChI=1S/C12H17N5OS/c13-11(15-18)9-2-1-3-16(6-9)7-10-8-17-4-5-19-12(17)14-10/h4-5,8-9,18H,1-3,6-7H2,(H2,13,15). The Balaban J connectivity index is 1.67. The third-order valence-corrected chi connectivity index (χ3v) is 4.34. The molecule has 102 valence electrons. The van der Waals surface area contributed by atoms with Gasteiger partial charge in [0.05, 0.1) is 5.69 Å². The summed E-state index contributed by atoms with van der Waals surface area (Å²) in [6, 6.07) is 0. The van der Waals surface area contributed by atoms with E-state index in [1.807, 2.05) is 16.0 Å². The zero-order valence-electron chi connectivity index (χ0n) is 10.6. The van der Waals surface area contributed by atoms with E-state index >= 15 is 0 Å². The van der Waals surface area contributed by atoms with Crippen molar-refractivity contribution in [1.29, 1.82) is 0 Å². The minimum atomic E-state index is 0.155. The Bertz CT molecular complexity index is 561. The molecule has 2 aromatic rings. The first-order valence-corrected chi connectivity index (χ1v) is 7.25. The fraction of sp³-hybridized carbons (Fsp3) is 0.500. The molecule has 1 unspecified atom stereocenters. The van der Waals surface area contributed by atoms with E-state index in [0.29, 0.717) is 5.84 Å². The van der Waals surface area contributed by atoms with E-state index in [2.05, 4.69) is 21.2 Å². The molecular formula is C12H17N5OS. The van der Waals surface area contributed by atoms with Gasteiger partial charge in [0.15, 0.2) is 4.96 Å². The zero-order valence-corrected chi connectivity index (χ0v) is 11.4. The van der Waals surface area contributed by atoms with E-state index in [4.69, 9.17) is 10.9 Å². The summed E-state index contributed by atoms with van der Waals surface area (Å²) in [5, 5.41) is 13.9. The Morgan fingerprint density at radius 2 is 2.53 bits per heavy atom. The second-order valence-electron chi connectivity index (χ2n) is 4.92. The molecule has 0 saturated carbocycles. The first-order valence-electron chi connectivity index (χ1n) is 6.37. The molecule has 0 amide bonds. The number of likely N-dealkylation sites (tertiary alicyclic amines) is 1. The number of piperidine rings is 1. The maximum atomic E-state index is 8.76. The van der Waals surface area contributed by atoms with Crippen LogP contribution in [0.5, 0.6) is 0 Å². The number of imidazole rings is 1. The van der Waals surface area contributed by atoms with Gasteiger partial charge in [-0.25, -0.2) is 4.98 Å². The topological polar surface area (TPSA) is 79.2 Å². The lowest BCUT2D eigenvalue weighted by Gasteiger charge is -2.31. The molecule has 1 saturated heterocycles. The Hall–Kier alpha value is -1.60. The second kappa shape index (κ2) is 5.18. The van der Waals surface area contributed by atoms with Gasteiger partial charge in [0.25, 0.3) is 0 Å². The molecule has 6 nitrogen and oxygen atoms in total. The van der Waals surface area contributed by atoms with E-state index < -0.39 is 0 Å². The third kappa shape index (κ3) is 2.57. The summed E-state index contributed by atoms with van der Waals surface area (Å²) in [6.45, 7) is 2.70. The predicted molar refractivity (Wildman–Crippen MR) is 74.5 cm³/mol. The molecule has 3 rings (SSSR count). The van der Waals surface area contributed by atoms with Crippen molar-refractivity contribution in [2.24, 2.45) is 16.8 Å². The zero-order chi connectivity index (χ0) is 13.2. The van der Waals surface area contributed by atoms with Gasteiger partial charge in [-0.2, -0.15) is 0 Å². The lowest BCUT2D eigenvalue weighted by molar-refractivity contribution is 0.191. The number of fused-ring (bicyclic) bond motifs is 1. The third-order valence-electron chi connectivity index (χ3n) is 3.57. The highest BCUT2D eigenvalue weighted by Crippen LogP contribution is 2.19. The maximum absolute atomic E-state index is 8.76. The number of hydrogen-bond acceptors (Lipinski definition) is 5. The van der Waals surface area contributed by atoms with Gasteiger partial charge in [0, 0.05) is 36.8 Å². The average molecular weight is 279 g/mol. The van der Waals surface area contributed by atoms with Crippen molar-refractivity contribution in [2.75, 3.05) is 13.1 Å². The highest BCUT2D eigenvalue weighted by molar-refractivity contribution is 7.15. The lowest BCUT2D eigenvalue weighted by Crippen LogP contribution is -2.40. The second-order valence-corrected chi connectivity index (χ2v) is 5.80. The van der Waals surface area contributed by atoms with Crippen LogP contribution in [-0.4, -0.2) is 38.4 Å². The van der Waals surface area contributed by atoms with Crippen LogP contribution >= 0.6 is 11.3 Å². The summed E-state index contributed by atoms with van der Waals surface area (Å²) < 4.78 is 2.05. The van der Waals surface area contributed by atoms with E-state index in [9.17, 15) is 0 Å². The predicted octanol–water partition coefficient (Wildman–Crippen LogP) is 1.35. The Kier molecular flexibility index (Phi) is 3.39. The van der Waals surface area contributed by atoms with Gasteiger partial charge in [0.2, 0.25) is 0 Å². The molecule has 0 aliphatic carbocycles. The van der Waals surface area contributed by atoms with Crippen LogP contribution < -0.4 is 5.73 Å². The van der Waals surface area contributed by atoms with Gasteiger partial charge < -0.3 is 10.9 Å². The Labute approximate surface area is 115 Å². The Morgan fingerprint density at radius 3 is 3.32 bits per heavy atom. The van der Waals surface area contributed by atoms with Crippen LogP contribution in [-0.2, 0) is 6.54 Å². The molecule has 19 heavy (non-hydrogen) atoms. The van der Waals surface area contributed by atoms with E-state index in [-0.39, 0.29) is 5.92 Å². The first-order chi connectivity index (χ1) is 9.26. The van der Waals surface area contributed by atoms with Gasteiger partial charge in [-0.1, -0.05) is 5.16 Å². The minimum Gasteiger partial charge on any atom is -0.409 e. The molecule has 0 aromatic carbocycles. The van der Waals surface area contributed by atoms with E-state index in [0.717, 1.165) is 43.1 Å². The van der Waals surface area contributed by atoms with Gasteiger partial charge in [-0.05, 0) is 19.4 Å². The van der Waals surface area contributed by atoms with Gasteiger partial charge in [-0.15, -0.1) is 11.3 Å². The van der Waals surface area contributed by atoms with Crippen LogP contribution in [0.2, 0.25) is 0 Å². The quantitative estimate of drug-likeness (QED) is 0.385. The molecule has 3 heterocycles. The summed E-state index contributed by atoms with van der Waals surface area (Å²) in [7, 11) is 0. The van der Waals surface area contributed by atoms with Crippen LogP contribution in [0.25, 0.3) is 4.96 Å². The molecule has 1 atom stereocenters. The monoisotopic (exact) mass is 279 g/mol. The van der Waals surface area contributed by atoms with Gasteiger partial charge >= 0.3 is 0 Å². The summed E-state index contributed by atoms with van der Waals surface area (Å²) >= 11 is 1.64. The van der Waals surface area contributed by atoms with E-state index in [1.165, 1.54) is 0 Å². The molecule has 2 aromatic heterocycles. The number of rotatable bonds is 3. The lowest BCUT2D eigenvalue weighted by atomic mass is 9.97. The number of nitrogens with zero attached hydrogens (tertiary/aromatic N) is 4. The van der Waals surface area contributed by atoms with Crippen LogP contribution in [0.15, 0.2) is 22.9 Å². The van der Waals surface area contributed by atoms with Crippen molar-refractivity contribution >= 4 is 22.1 Å². The van der Waals surface area contributed by atoms with E-state index in [1.54, 1.807) is 11.3 Å². The van der Waals surface area contributed by atoms with Crippen molar-refractivity contribution in [3.63, 3.8) is 0 Å². The number of thiazole rings is 1. The van der Waals surface area contributed by atoms with Crippen molar-refractivity contribution in [3.8, 4) is 0 Å². The minimum absolute atomic E-state index is 0.155. The Morgan fingerprint density at radius 1 is 1.63 bits per heavy atom. The van der Waals surface area contributed by atoms with Gasteiger partial charge in [-0.3, -0.25) is 9.30 Å². The molecule has 7 heteroatoms. The largest absolute Gasteiger partial charge is 0.409 e. The number of hydrogen-bond donors (Lipinski definition) is 2. The van der Waals surface area contributed by atoms with Crippen molar-refractivity contribution in [2.45, 2.75) is 19.4 Å². The first kappa shape index (κ1) is 12.4. The molecule has 0 bridgehead atoms. The highest BCUT2D eigenvalue weighted by Gasteiger charge is 2.23. The number of amidine groups is 1. The highest BCUT2D eigenvalue weighted by atomic mass is 32.1.